The van der Waals surface area contributed by atoms with E-state index in [1.54, 1.807) is 29.9 Å². The molecule has 0 radical (unpaired) electrons. The Hall–Kier alpha value is -2.60. The second kappa shape index (κ2) is 8.19. The largest absolute Gasteiger partial charge is 0.361 e. The summed E-state index contributed by atoms with van der Waals surface area (Å²) >= 11 is 1.72. The molecule has 2 heterocycles. The molecule has 0 aliphatic rings. The first-order chi connectivity index (χ1) is 12.5. The highest BCUT2D eigenvalue weighted by atomic mass is 32.2. The average Bonchev–Trinajstić information content (AvgIpc) is 2.99. The zero-order valence-corrected chi connectivity index (χ0v) is 15.9. The van der Waals surface area contributed by atoms with Crippen molar-refractivity contribution in [3.63, 3.8) is 0 Å². The lowest BCUT2D eigenvalue weighted by Crippen LogP contribution is -2.26. The van der Waals surface area contributed by atoms with Crippen molar-refractivity contribution in [3.05, 3.63) is 76.9 Å². The van der Waals surface area contributed by atoms with E-state index in [0.717, 1.165) is 27.7 Å². The van der Waals surface area contributed by atoms with Gasteiger partial charge >= 0.3 is 0 Å². The second-order valence-corrected chi connectivity index (χ2v) is 7.19. The third-order valence-corrected chi connectivity index (χ3v) is 5.24. The zero-order valence-electron chi connectivity index (χ0n) is 15.1. The first-order valence-electron chi connectivity index (χ1n) is 8.33. The van der Waals surface area contributed by atoms with Crippen LogP contribution in [0.4, 0.5) is 0 Å². The number of thioether (sulfide) groups is 1. The lowest BCUT2D eigenvalue weighted by atomic mass is 10.1. The van der Waals surface area contributed by atoms with Gasteiger partial charge in [-0.2, -0.15) is 0 Å². The monoisotopic (exact) mass is 367 g/mol. The van der Waals surface area contributed by atoms with Crippen LogP contribution in [0.1, 0.15) is 32.9 Å². The van der Waals surface area contributed by atoms with Crippen LogP contribution in [0.25, 0.3) is 0 Å². The van der Waals surface area contributed by atoms with Gasteiger partial charge in [0, 0.05) is 41.2 Å². The molecule has 134 valence electrons. The number of pyridine rings is 1. The Morgan fingerprint density at radius 3 is 2.58 bits per heavy atom. The molecular weight excluding hydrogens is 346 g/mol. The highest BCUT2D eigenvalue weighted by molar-refractivity contribution is 7.98. The molecule has 0 spiro atoms. The fourth-order valence-electron chi connectivity index (χ4n) is 2.60. The number of nitrogens with zero attached hydrogens (tertiary/aromatic N) is 3. The molecule has 0 aliphatic carbocycles. The summed E-state index contributed by atoms with van der Waals surface area (Å²) in [6.45, 7) is 4.23. The molecule has 0 atom stereocenters. The van der Waals surface area contributed by atoms with E-state index in [0.29, 0.717) is 12.1 Å². The topological polar surface area (TPSA) is 59.2 Å². The number of hydrogen-bond acceptors (Lipinski definition) is 5. The van der Waals surface area contributed by atoms with E-state index in [2.05, 4.69) is 16.2 Å². The van der Waals surface area contributed by atoms with Crippen LogP contribution < -0.4 is 0 Å². The Bertz CT molecular complexity index is 856. The fraction of sp³-hybridized carbons (Fsp3) is 0.250. The summed E-state index contributed by atoms with van der Waals surface area (Å²) in [6.07, 6.45) is 3.64. The Kier molecular flexibility index (Phi) is 5.73. The van der Waals surface area contributed by atoms with E-state index in [1.165, 1.54) is 5.56 Å². The van der Waals surface area contributed by atoms with Crippen molar-refractivity contribution >= 4 is 17.7 Å². The average molecular weight is 367 g/mol. The molecule has 3 rings (SSSR count). The van der Waals surface area contributed by atoms with Gasteiger partial charge < -0.3 is 9.42 Å². The molecule has 3 aromatic rings. The van der Waals surface area contributed by atoms with Crippen molar-refractivity contribution in [1.29, 1.82) is 0 Å². The van der Waals surface area contributed by atoms with Crippen LogP contribution >= 0.6 is 11.8 Å². The van der Waals surface area contributed by atoms with E-state index in [1.807, 2.05) is 50.4 Å². The van der Waals surface area contributed by atoms with Crippen molar-refractivity contribution in [2.45, 2.75) is 31.0 Å². The van der Waals surface area contributed by atoms with E-state index in [-0.39, 0.29) is 5.91 Å². The molecule has 0 N–H and O–H groups in total. The van der Waals surface area contributed by atoms with Crippen molar-refractivity contribution in [2.24, 2.45) is 0 Å². The highest BCUT2D eigenvalue weighted by Gasteiger charge is 2.16. The number of carbonyl (C=O) groups excluding carboxylic acids is 1. The maximum Gasteiger partial charge on any atom is 0.253 e. The molecule has 6 heteroatoms. The predicted molar refractivity (Wildman–Crippen MR) is 102 cm³/mol. The third-order valence-electron chi connectivity index (χ3n) is 4.15. The summed E-state index contributed by atoms with van der Waals surface area (Å²) in [7, 11) is 1.79. The van der Waals surface area contributed by atoms with Gasteiger partial charge in [-0.05, 0) is 49.7 Å². The van der Waals surface area contributed by atoms with E-state index >= 15 is 0 Å². The van der Waals surface area contributed by atoms with Crippen LogP contribution in [0.5, 0.6) is 0 Å². The molecule has 26 heavy (non-hydrogen) atoms. The lowest BCUT2D eigenvalue weighted by Gasteiger charge is -2.17. The van der Waals surface area contributed by atoms with Crippen LogP contribution in [-0.2, 0) is 12.3 Å². The molecular formula is C20H21N3O2S. The Morgan fingerprint density at radius 1 is 1.19 bits per heavy atom. The fourth-order valence-corrected chi connectivity index (χ4v) is 3.43. The van der Waals surface area contributed by atoms with Crippen molar-refractivity contribution in [3.8, 4) is 0 Å². The minimum Gasteiger partial charge on any atom is -0.361 e. The van der Waals surface area contributed by atoms with Crippen LogP contribution in [0.3, 0.4) is 0 Å². The van der Waals surface area contributed by atoms with Gasteiger partial charge in [0.2, 0.25) is 0 Å². The number of rotatable bonds is 6. The quantitative estimate of drug-likeness (QED) is 0.610. The lowest BCUT2D eigenvalue weighted by molar-refractivity contribution is 0.0784. The van der Waals surface area contributed by atoms with Gasteiger partial charge in [0.1, 0.15) is 5.76 Å². The first kappa shape index (κ1) is 18.2. The maximum atomic E-state index is 12.6. The van der Waals surface area contributed by atoms with Crippen LogP contribution in [-0.4, -0.2) is 28.0 Å². The van der Waals surface area contributed by atoms with Crippen molar-refractivity contribution < 1.29 is 9.32 Å². The summed E-state index contributed by atoms with van der Waals surface area (Å²) in [5, 5.41) is 3.94. The van der Waals surface area contributed by atoms with Crippen LogP contribution in [0, 0.1) is 13.8 Å². The van der Waals surface area contributed by atoms with Crippen molar-refractivity contribution in [2.75, 3.05) is 7.05 Å². The first-order valence-corrected chi connectivity index (χ1v) is 9.32. The number of hydrogen-bond donors (Lipinski definition) is 0. The number of benzene rings is 1. The summed E-state index contributed by atoms with van der Waals surface area (Å²) in [5.74, 6) is 1.59. The minimum absolute atomic E-state index is 0.0196. The smallest absolute Gasteiger partial charge is 0.253 e. The van der Waals surface area contributed by atoms with Gasteiger partial charge in [-0.1, -0.05) is 11.2 Å². The molecule has 2 aromatic heterocycles. The molecule has 0 aliphatic heterocycles. The van der Waals surface area contributed by atoms with E-state index in [4.69, 9.17) is 4.52 Å². The van der Waals surface area contributed by atoms with Gasteiger partial charge in [0.15, 0.2) is 0 Å². The van der Waals surface area contributed by atoms with Gasteiger partial charge in [-0.25, -0.2) is 0 Å². The molecule has 0 saturated carbocycles. The van der Waals surface area contributed by atoms with E-state index in [9.17, 15) is 4.79 Å². The third kappa shape index (κ3) is 4.32. The van der Waals surface area contributed by atoms with Gasteiger partial charge in [0.25, 0.3) is 5.91 Å². The summed E-state index contributed by atoms with van der Waals surface area (Å²) < 4.78 is 5.17. The Morgan fingerprint density at radius 2 is 1.96 bits per heavy atom. The molecule has 0 saturated heterocycles. The molecule has 1 amide bonds. The predicted octanol–water partition coefficient (Wildman–Crippen LogP) is 4.25. The summed E-state index contributed by atoms with van der Waals surface area (Å²) in [5.41, 5.74) is 3.63. The number of amides is 1. The molecule has 0 bridgehead atoms. The van der Waals surface area contributed by atoms with Gasteiger partial charge in [-0.3, -0.25) is 9.78 Å². The number of carbonyl (C=O) groups is 1. The normalized spacial score (nSPS) is 10.7. The number of aromatic nitrogens is 2. The molecule has 0 unspecified atom stereocenters. The Balaban J connectivity index is 1.61. The summed E-state index contributed by atoms with van der Waals surface area (Å²) in [4.78, 5) is 19.6. The van der Waals surface area contributed by atoms with Gasteiger partial charge in [0.05, 0.1) is 12.2 Å². The SMILES string of the molecule is Cc1noc(C)c1CN(C)C(=O)c1ccc(SCc2cccnc2)cc1. The second-order valence-electron chi connectivity index (χ2n) is 6.14. The molecule has 5 nitrogen and oxygen atoms in total. The van der Waals surface area contributed by atoms with Crippen LogP contribution in [0.2, 0.25) is 0 Å². The van der Waals surface area contributed by atoms with Gasteiger partial charge in [-0.15, -0.1) is 11.8 Å². The standard InChI is InChI=1S/C20H21N3O2S/c1-14-19(15(2)25-22-14)12-23(3)20(24)17-6-8-18(9-7-17)26-13-16-5-4-10-21-11-16/h4-11H,12-13H2,1-3H3. The highest BCUT2D eigenvalue weighted by Crippen LogP contribution is 2.23. The van der Waals surface area contributed by atoms with Crippen molar-refractivity contribution in [1.82, 2.24) is 15.0 Å². The van der Waals surface area contributed by atoms with Crippen LogP contribution in [0.15, 0.2) is 58.2 Å². The maximum absolute atomic E-state index is 12.6. The van der Waals surface area contributed by atoms with E-state index < -0.39 is 0 Å². The zero-order chi connectivity index (χ0) is 18.5. The molecule has 1 aromatic carbocycles. The number of aryl methyl sites for hydroxylation is 2. The molecule has 0 fully saturated rings. The Labute approximate surface area is 157 Å². The minimum atomic E-state index is -0.0196. The summed E-state index contributed by atoms with van der Waals surface area (Å²) in [6, 6.07) is 11.7.